The summed E-state index contributed by atoms with van der Waals surface area (Å²) in [5.74, 6) is -0.696. The first kappa shape index (κ1) is 9.31. The number of aromatic nitrogens is 1. The molecule has 1 aliphatic rings. The second-order valence-electron chi connectivity index (χ2n) is 3.03. The van der Waals surface area contributed by atoms with Gasteiger partial charge in [0.15, 0.2) is 0 Å². The lowest BCUT2D eigenvalue weighted by Crippen LogP contribution is -1.89. The van der Waals surface area contributed by atoms with E-state index in [-0.39, 0.29) is 0 Å². The number of aliphatic hydroxyl groups is 2. The fourth-order valence-electron chi connectivity index (χ4n) is 1.25. The minimum atomic E-state index is -0.696. The predicted octanol–water partition coefficient (Wildman–Crippen LogP) is 2.52. The fraction of sp³-hybridized carbons (Fsp3) is 0. The van der Waals surface area contributed by atoms with Crippen LogP contribution in [0.15, 0.2) is 59.9 Å². The molecule has 15 heavy (non-hydrogen) atoms. The van der Waals surface area contributed by atoms with Gasteiger partial charge >= 0.3 is 0 Å². The minimum Gasteiger partial charge on any atom is -0.481 e. The van der Waals surface area contributed by atoms with Crippen LogP contribution in [0.25, 0.3) is 5.57 Å². The van der Waals surface area contributed by atoms with Crippen LogP contribution in [0.3, 0.4) is 0 Å². The Morgan fingerprint density at radius 1 is 1.20 bits per heavy atom. The smallest absolute Gasteiger partial charge is 0.282 e. The normalized spacial score (nSPS) is 13.9. The van der Waals surface area contributed by atoms with Gasteiger partial charge in [-0.15, -0.1) is 5.73 Å². The van der Waals surface area contributed by atoms with Gasteiger partial charge in [-0.2, -0.15) is 0 Å². The molecule has 1 aliphatic carbocycles. The van der Waals surface area contributed by atoms with E-state index in [1.807, 2.05) is 18.2 Å². The Kier molecular flexibility index (Phi) is 2.40. The number of hydrogen-bond acceptors (Lipinski definition) is 3. The van der Waals surface area contributed by atoms with Crippen LogP contribution in [0.5, 0.6) is 0 Å². The molecule has 74 valence electrons. The minimum absolute atomic E-state index is 0.342. The summed E-state index contributed by atoms with van der Waals surface area (Å²) < 4.78 is 0. The third-order valence-electron chi connectivity index (χ3n) is 2.01. The van der Waals surface area contributed by atoms with Crippen molar-refractivity contribution >= 4 is 5.57 Å². The molecular weight excluding hydrogens is 190 g/mol. The SMILES string of the molecule is OC(O)=C1C=C=C(c2ccccn2)C=C1. The molecule has 0 amide bonds. The van der Waals surface area contributed by atoms with Crippen LogP contribution in [-0.4, -0.2) is 15.2 Å². The van der Waals surface area contributed by atoms with E-state index in [1.165, 1.54) is 6.08 Å². The molecule has 0 spiro atoms. The molecule has 3 nitrogen and oxygen atoms in total. The number of aliphatic hydroxyl groups excluding tert-OH is 1. The molecule has 2 rings (SSSR count). The number of hydrogen-bond donors (Lipinski definition) is 2. The quantitative estimate of drug-likeness (QED) is 0.539. The van der Waals surface area contributed by atoms with Gasteiger partial charge < -0.3 is 10.2 Å². The Hall–Kier alpha value is -2.25. The zero-order chi connectivity index (χ0) is 10.7. The number of pyridine rings is 1. The fourth-order valence-corrected chi connectivity index (χ4v) is 1.25. The van der Waals surface area contributed by atoms with Gasteiger partial charge in [-0.3, -0.25) is 4.98 Å². The van der Waals surface area contributed by atoms with Crippen molar-refractivity contribution in [2.24, 2.45) is 0 Å². The van der Waals surface area contributed by atoms with Crippen LogP contribution in [0.4, 0.5) is 0 Å². The molecule has 3 heteroatoms. The Morgan fingerprint density at radius 3 is 2.60 bits per heavy atom. The van der Waals surface area contributed by atoms with Crippen LogP contribution in [0, 0.1) is 0 Å². The van der Waals surface area contributed by atoms with E-state index in [1.54, 1.807) is 18.3 Å². The van der Waals surface area contributed by atoms with Gasteiger partial charge in [-0.1, -0.05) is 6.07 Å². The molecule has 1 aromatic rings. The monoisotopic (exact) mass is 199 g/mol. The highest BCUT2D eigenvalue weighted by atomic mass is 16.5. The molecule has 2 N–H and O–H groups in total. The van der Waals surface area contributed by atoms with Crippen molar-refractivity contribution in [3.05, 3.63) is 65.6 Å². The second-order valence-corrected chi connectivity index (χ2v) is 3.03. The summed E-state index contributed by atoms with van der Waals surface area (Å²) in [6.07, 6.45) is 6.56. The molecule has 0 atom stereocenters. The average molecular weight is 199 g/mol. The van der Waals surface area contributed by atoms with Crippen molar-refractivity contribution in [2.45, 2.75) is 0 Å². The molecule has 0 unspecified atom stereocenters. The maximum Gasteiger partial charge on any atom is 0.282 e. The summed E-state index contributed by atoms with van der Waals surface area (Å²) >= 11 is 0. The van der Waals surface area contributed by atoms with Gasteiger partial charge in [0.2, 0.25) is 0 Å². The maximum absolute atomic E-state index is 8.82. The van der Waals surface area contributed by atoms with E-state index in [0.717, 1.165) is 11.3 Å². The summed E-state index contributed by atoms with van der Waals surface area (Å²) in [5.41, 5.74) is 4.90. The van der Waals surface area contributed by atoms with Crippen LogP contribution in [0.1, 0.15) is 5.69 Å². The molecule has 0 radical (unpaired) electrons. The van der Waals surface area contributed by atoms with Crippen molar-refractivity contribution < 1.29 is 10.2 Å². The van der Waals surface area contributed by atoms with Crippen LogP contribution >= 0.6 is 0 Å². The number of nitrogens with zero attached hydrogens (tertiary/aromatic N) is 1. The molecule has 0 fully saturated rings. The van der Waals surface area contributed by atoms with Crippen molar-refractivity contribution in [1.82, 2.24) is 4.98 Å². The summed E-state index contributed by atoms with van der Waals surface area (Å²) in [4.78, 5) is 4.16. The van der Waals surface area contributed by atoms with Gasteiger partial charge in [-0.05, 0) is 30.4 Å². The lowest BCUT2D eigenvalue weighted by Gasteiger charge is -2.02. The van der Waals surface area contributed by atoms with Crippen molar-refractivity contribution in [3.8, 4) is 0 Å². The highest BCUT2D eigenvalue weighted by Crippen LogP contribution is 2.17. The highest BCUT2D eigenvalue weighted by Gasteiger charge is 2.03. The molecule has 0 saturated heterocycles. The maximum atomic E-state index is 8.82. The third-order valence-corrected chi connectivity index (χ3v) is 2.01. The zero-order valence-electron chi connectivity index (χ0n) is 7.88. The molecule has 1 aromatic heterocycles. The summed E-state index contributed by atoms with van der Waals surface area (Å²) in [7, 11) is 0. The van der Waals surface area contributed by atoms with Gasteiger partial charge in [-0.25, -0.2) is 0 Å². The van der Waals surface area contributed by atoms with E-state index < -0.39 is 5.95 Å². The Labute approximate surface area is 87.0 Å². The highest BCUT2D eigenvalue weighted by molar-refractivity contribution is 5.74. The third kappa shape index (κ3) is 1.98. The lowest BCUT2D eigenvalue weighted by atomic mass is 10.1. The van der Waals surface area contributed by atoms with E-state index in [4.69, 9.17) is 10.2 Å². The van der Waals surface area contributed by atoms with Crippen molar-refractivity contribution in [3.63, 3.8) is 0 Å². The Bertz CT molecular complexity index is 488. The second kappa shape index (κ2) is 3.86. The molecule has 0 aromatic carbocycles. The van der Waals surface area contributed by atoms with E-state index in [2.05, 4.69) is 10.7 Å². The molecular formula is C12H9NO2. The molecule has 0 bridgehead atoms. The van der Waals surface area contributed by atoms with Crippen molar-refractivity contribution in [1.29, 1.82) is 0 Å². The van der Waals surface area contributed by atoms with E-state index in [9.17, 15) is 0 Å². The largest absolute Gasteiger partial charge is 0.481 e. The summed E-state index contributed by atoms with van der Waals surface area (Å²) in [6.45, 7) is 0. The van der Waals surface area contributed by atoms with E-state index in [0.29, 0.717) is 5.57 Å². The first-order valence-corrected chi connectivity index (χ1v) is 4.46. The van der Waals surface area contributed by atoms with Gasteiger partial charge in [0.05, 0.1) is 11.3 Å². The van der Waals surface area contributed by atoms with Crippen LogP contribution in [0.2, 0.25) is 0 Å². The van der Waals surface area contributed by atoms with Gasteiger partial charge in [0.25, 0.3) is 5.95 Å². The summed E-state index contributed by atoms with van der Waals surface area (Å²) in [5, 5.41) is 17.6. The number of rotatable bonds is 1. The predicted molar refractivity (Wildman–Crippen MR) is 57.2 cm³/mol. The lowest BCUT2D eigenvalue weighted by molar-refractivity contribution is 0.188. The standard InChI is InChI=1S/C12H9NO2/c14-12(15)10-6-4-9(5-7-10)11-3-1-2-8-13-11/h1-4,6-8,14-15H. The molecule has 1 heterocycles. The van der Waals surface area contributed by atoms with Crippen LogP contribution in [-0.2, 0) is 0 Å². The molecule has 0 saturated carbocycles. The Balaban J connectivity index is 2.41. The molecule has 0 aliphatic heterocycles. The Morgan fingerprint density at radius 2 is 2.07 bits per heavy atom. The van der Waals surface area contributed by atoms with E-state index >= 15 is 0 Å². The first-order chi connectivity index (χ1) is 7.27. The van der Waals surface area contributed by atoms with Gasteiger partial charge in [0, 0.05) is 11.8 Å². The topological polar surface area (TPSA) is 53.4 Å². The van der Waals surface area contributed by atoms with Crippen LogP contribution < -0.4 is 0 Å². The average Bonchev–Trinajstić information content (AvgIpc) is 2.30. The van der Waals surface area contributed by atoms with Crippen molar-refractivity contribution in [2.75, 3.05) is 0 Å². The zero-order valence-corrected chi connectivity index (χ0v) is 7.88. The first-order valence-electron chi connectivity index (χ1n) is 4.46. The van der Waals surface area contributed by atoms with Gasteiger partial charge in [0.1, 0.15) is 0 Å². The summed E-state index contributed by atoms with van der Waals surface area (Å²) in [6, 6.07) is 5.60. The number of allylic oxidation sites excluding steroid dienone is 4.